The summed E-state index contributed by atoms with van der Waals surface area (Å²) in [7, 11) is 0. The van der Waals surface area contributed by atoms with Gasteiger partial charge in [0, 0.05) is 19.2 Å². The summed E-state index contributed by atoms with van der Waals surface area (Å²) in [5.41, 5.74) is 3.13. The summed E-state index contributed by atoms with van der Waals surface area (Å²) in [6.45, 7) is 7.46. The van der Waals surface area contributed by atoms with E-state index in [9.17, 15) is 0 Å². The van der Waals surface area contributed by atoms with E-state index < -0.39 is 0 Å². The Hall–Kier alpha value is -1.92. The summed E-state index contributed by atoms with van der Waals surface area (Å²) in [5, 5.41) is 6.80. The molecule has 0 amide bonds. The van der Waals surface area contributed by atoms with Gasteiger partial charge in [0.2, 0.25) is 5.88 Å². The average Bonchev–Trinajstić information content (AvgIpc) is 3.26. The number of thiophene rings is 1. The lowest BCUT2D eigenvalue weighted by molar-refractivity contribution is 0.192. The molecule has 0 radical (unpaired) electrons. The molecule has 1 aliphatic heterocycles. The lowest BCUT2D eigenvalue weighted by atomic mass is 10.3. The van der Waals surface area contributed by atoms with Crippen LogP contribution in [-0.4, -0.2) is 45.2 Å². The van der Waals surface area contributed by atoms with Gasteiger partial charge >= 0.3 is 0 Å². The molecule has 4 heterocycles. The molecule has 23 heavy (non-hydrogen) atoms. The topological polar surface area (TPSA) is 42.7 Å². The van der Waals surface area contributed by atoms with Crippen LogP contribution in [0.1, 0.15) is 18.9 Å². The third-order valence-corrected chi connectivity index (χ3v) is 5.36. The number of fused-ring (bicyclic) bond motifs is 1. The number of hydrogen-bond acceptors (Lipinski definition) is 5. The number of aromatic nitrogens is 3. The normalized spacial score (nSPS) is 18.8. The summed E-state index contributed by atoms with van der Waals surface area (Å²) < 4.78 is 7.97. The van der Waals surface area contributed by atoms with E-state index in [0.717, 1.165) is 37.4 Å². The van der Waals surface area contributed by atoms with Crippen LogP contribution in [0.5, 0.6) is 5.88 Å². The fraction of sp³-hybridized carbons (Fsp3) is 0.412. The minimum atomic E-state index is 0.232. The predicted octanol–water partition coefficient (Wildman–Crippen LogP) is 3.24. The highest BCUT2D eigenvalue weighted by atomic mass is 32.1. The maximum Gasteiger partial charge on any atom is 0.232 e. The lowest BCUT2D eigenvalue weighted by Crippen LogP contribution is -2.24. The van der Waals surface area contributed by atoms with Gasteiger partial charge in [0.05, 0.1) is 11.1 Å². The maximum atomic E-state index is 6.08. The Morgan fingerprint density at radius 1 is 1.39 bits per heavy atom. The molecule has 4 rings (SSSR count). The molecule has 1 aliphatic rings. The van der Waals surface area contributed by atoms with E-state index in [-0.39, 0.29) is 6.10 Å². The van der Waals surface area contributed by atoms with Gasteiger partial charge in [-0.3, -0.25) is 4.90 Å². The molecular formula is C17H20N4OS. The zero-order valence-corrected chi connectivity index (χ0v) is 14.2. The zero-order valence-electron chi connectivity index (χ0n) is 13.4. The van der Waals surface area contributed by atoms with Gasteiger partial charge in [-0.05, 0) is 43.0 Å². The van der Waals surface area contributed by atoms with Gasteiger partial charge in [0.25, 0.3) is 0 Å². The molecule has 0 bridgehead atoms. The van der Waals surface area contributed by atoms with Gasteiger partial charge in [-0.2, -0.15) is 0 Å². The predicted molar refractivity (Wildman–Crippen MR) is 92.2 cm³/mol. The van der Waals surface area contributed by atoms with Gasteiger partial charge < -0.3 is 4.74 Å². The van der Waals surface area contributed by atoms with Gasteiger partial charge in [0.1, 0.15) is 11.8 Å². The van der Waals surface area contributed by atoms with Crippen LogP contribution >= 0.6 is 11.3 Å². The van der Waals surface area contributed by atoms with Crippen LogP contribution in [0.3, 0.4) is 0 Å². The second-order valence-corrected chi connectivity index (χ2v) is 6.91. The van der Waals surface area contributed by atoms with Crippen molar-refractivity contribution in [2.45, 2.75) is 26.4 Å². The maximum absolute atomic E-state index is 6.08. The fourth-order valence-corrected chi connectivity index (χ4v) is 3.90. The van der Waals surface area contributed by atoms with E-state index in [1.54, 1.807) is 11.3 Å². The van der Waals surface area contributed by atoms with Crippen LogP contribution in [0.2, 0.25) is 0 Å². The summed E-state index contributed by atoms with van der Waals surface area (Å²) in [5.74, 6) is 0.674. The molecule has 0 spiro atoms. The Morgan fingerprint density at radius 2 is 2.30 bits per heavy atom. The van der Waals surface area contributed by atoms with Crippen molar-refractivity contribution in [1.82, 2.24) is 19.5 Å². The Morgan fingerprint density at radius 3 is 3.04 bits per heavy atom. The van der Waals surface area contributed by atoms with Crippen LogP contribution in [-0.2, 0) is 0 Å². The van der Waals surface area contributed by atoms with Crippen LogP contribution in [0.25, 0.3) is 16.2 Å². The van der Waals surface area contributed by atoms with E-state index in [2.05, 4.69) is 40.3 Å². The average molecular weight is 328 g/mol. The number of rotatable bonds is 4. The Kier molecular flexibility index (Phi) is 3.79. The van der Waals surface area contributed by atoms with E-state index in [4.69, 9.17) is 4.74 Å². The molecule has 0 aliphatic carbocycles. The molecule has 3 aromatic heterocycles. The molecule has 120 valence electrons. The number of imidazole rings is 1. The highest BCUT2D eigenvalue weighted by molar-refractivity contribution is 7.13. The third kappa shape index (κ3) is 2.84. The molecule has 1 atom stereocenters. The van der Waals surface area contributed by atoms with E-state index in [1.165, 1.54) is 10.4 Å². The summed E-state index contributed by atoms with van der Waals surface area (Å²) in [6, 6.07) is 6.05. The SMILES string of the molecule is CCN1CCC(Oc2ccc3ncc(-c4cc(C)cs4)n3n2)C1. The highest BCUT2D eigenvalue weighted by Gasteiger charge is 2.23. The molecule has 6 heteroatoms. The number of likely N-dealkylation sites (tertiary alicyclic amines) is 1. The van der Waals surface area contributed by atoms with Gasteiger partial charge in [-0.1, -0.05) is 6.92 Å². The third-order valence-electron chi connectivity index (χ3n) is 4.28. The van der Waals surface area contributed by atoms with E-state index in [0.29, 0.717) is 5.88 Å². The van der Waals surface area contributed by atoms with Crippen LogP contribution in [0.15, 0.2) is 29.8 Å². The second kappa shape index (κ2) is 5.94. The Bertz CT molecular complexity index is 825. The lowest BCUT2D eigenvalue weighted by Gasteiger charge is -2.14. The quantitative estimate of drug-likeness (QED) is 0.737. The van der Waals surface area contributed by atoms with Gasteiger partial charge in [-0.25, -0.2) is 9.50 Å². The summed E-state index contributed by atoms with van der Waals surface area (Å²) in [4.78, 5) is 8.03. The number of hydrogen-bond donors (Lipinski definition) is 0. The molecule has 3 aromatic rings. The first-order valence-electron chi connectivity index (χ1n) is 8.02. The monoisotopic (exact) mass is 328 g/mol. The van der Waals surface area contributed by atoms with Crippen molar-refractivity contribution in [1.29, 1.82) is 0 Å². The number of ether oxygens (including phenoxy) is 1. The molecule has 1 saturated heterocycles. The second-order valence-electron chi connectivity index (χ2n) is 6.00. The number of nitrogens with zero attached hydrogens (tertiary/aromatic N) is 4. The Labute approximate surface area is 139 Å². The first-order chi connectivity index (χ1) is 11.2. The molecule has 0 N–H and O–H groups in total. The largest absolute Gasteiger partial charge is 0.472 e. The van der Waals surface area contributed by atoms with Gasteiger partial charge in [0.15, 0.2) is 5.65 Å². The van der Waals surface area contributed by atoms with Crippen molar-refractivity contribution in [2.24, 2.45) is 0 Å². The Balaban J connectivity index is 1.62. The van der Waals surface area contributed by atoms with Gasteiger partial charge in [-0.15, -0.1) is 16.4 Å². The standard InChI is InChI=1S/C17H20N4OS/c1-3-20-7-6-13(10-20)22-17-5-4-16-18-9-14(21(16)19-17)15-8-12(2)11-23-15/h4-5,8-9,11,13H,3,6-7,10H2,1-2H3. The van der Waals surface area contributed by atoms with Crippen molar-refractivity contribution in [2.75, 3.05) is 19.6 Å². The van der Waals surface area contributed by atoms with Crippen molar-refractivity contribution in [3.63, 3.8) is 0 Å². The zero-order chi connectivity index (χ0) is 15.8. The molecule has 0 saturated carbocycles. The number of likely N-dealkylation sites (N-methyl/N-ethyl adjacent to an activating group) is 1. The summed E-state index contributed by atoms with van der Waals surface area (Å²) >= 11 is 1.72. The van der Waals surface area contributed by atoms with Crippen molar-refractivity contribution in [3.05, 3.63) is 35.3 Å². The highest BCUT2D eigenvalue weighted by Crippen LogP contribution is 2.28. The summed E-state index contributed by atoms with van der Waals surface area (Å²) in [6.07, 6.45) is 3.18. The molecule has 1 unspecified atom stereocenters. The minimum absolute atomic E-state index is 0.232. The van der Waals surface area contributed by atoms with Crippen LogP contribution in [0, 0.1) is 6.92 Å². The van der Waals surface area contributed by atoms with E-state index >= 15 is 0 Å². The first kappa shape index (κ1) is 14.7. The molecule has 0 aromatic carbocycles. The minimum Gasteiger partial charge on any atom is -0.472 e. The number of aryl methyl sites for hydroxylation is 1. The molecular weight excluding hydrogens is 308 g/mol. The fourth-order valence-electron chi connectivity index (χ4n) is 3.00. The molecule has 1 fully saturated rings. The van der Waals surface area contributed by atoms with Crippen molar-refractivity contribution >= 4 is 17.0 Å². The van der Waals surface area contributed by atoms with Crippen LogP contribution < -0.4 is 4.74 Å². The smallest absolute Gasteiger partial charge is 0.232 e. The first-order valence-corrected chi connectivity index (χ1v) is 8.90. The van der Waals surface area contributed by atoms with Crippen molar-refractivity contribution < 1.29 is 4.74 Å². The van der Waals surface area contributed by atoms with Crippen LogP contribution in [0.4, 0.5) is 0 Å². The molecule has 5 nitrogen and oxygen atoms in total. The van der Waals surface area contributed by atoms with Crippen molar-refractivity contribution in [3.8, 4) is 16.5 Å². The van der Waals surface area contributed by atoms with E-state index in [1.807, 2.05) is 22.8 Å².